The number of carbonyl (C=O) groups is 2. The van der Waals surface area contributed by atoms with Gasteiger partial charge >= 0.3 is 0 Å². The summed E-state index contributed by atoms with van der Waals surface area (Å²) in [5, 5.41) is 16.6. The zero-order valence-corrected chi connectivity index (χ0v) is 18.9. The molecule has 0 aromatic carbocycles. The highest BCUT2D eigenvalue weighted by Crippen LogP contribution is 2.35. The molecular weight excluding hydrogens is 384 g/mol. The number of anilines is 1. The number of hydrogen-bond donors (Lipinski definition) is 3. The van der Waals surface area contributed by atoms with Crippen LogP contribution in [0.2, 0.25) is 0 Å². The summed E-state index contributed by atoms with van der Waals surface area (Å²) in [5.74, 6) is 0.915. The van der Waals surface area contributed by atoms with Gasteiger partial charge in [-0.25, -0.2) is 0 Å². The smallest absolute Gasteiger partial charge is 0.230 e. The van der Waals surface area contributed by atoms with Crippen molar-refractivity contribution in [3.05, 3.63) is 29.7 Å². The standard InChI is InChI=1S/C15H21N5O2.C4H9NO.C2H6/c1-20-9-10(8-16-20)5-15(21)17-14-7-13(18-19-14)11-3-4-12(6-11)22-2;1-4(2)5-3-6;1-2/h7-9,11-12H,3-6H2,1-2H3,(H2,17,18,19,21);3-4H,1-2H3,(H,5,6);1-2H3. The molecule has 0 spiro atoms. The van der Waals surface area contributed by atoms with Gasteiger partial charge in [0, 0.05) is 44.1 Å². The van der Waals surface area contributed by atoms with Gasteiger partial charge < -0.3 is 15.4 Å². The number of ether oxygens (including phenoxy) is 1. The molecule has 0 radical (unpaired) electrons. The Morgan fingerprint density at radius 2 is 2.13 bits per heavy atom. The second-order valence-corrected chi connectivity index (χ2v) is 7.26. The van der Waals surface area contributed by atoms with Crippen LogP contribution in [0.1, 0.15) is 64.1 Å². The van der Waals surface area contributed by atoms with Crippen LogP contribution in [0.5, 0.6) is 0 Å². The van der Waals surface area contributed by atoms with Crippen LogP contribution in [0.15, 0.2) is 18.5 Å². The molecule has 1 aliphatic rings. The van der Waals surface area contributed by atoms with Crippen LogP contribution in [0.4, 0.5) is 5.82 Å². The fourth-order valence-corrected chi connectivity index (χ4v) is 3.12. The number of nitrogens with zero attached hydrogens (tertiary/aromatic N) is 3. The maximum atomic E-state index is 12.0. The van der Waals surface area contributed by atoms with E-state index in [-0.39, 0.29) is 11.9 Å². The molecule has 9 nitrogen and oxygen atoms in total. The van der Waals surface area contributed by atoms with E-state index in [9.17, 15) is 9.59 Å². The first-order valence-electron chi connectivity index (χ1n) is 10.5. The van der Waals surface area contributed by atoms with Crippen molar-refractivity contribution in [3.8, 4) is 0 Å². The van der Waals surface area contributed by atoms with Crippen molar-refractivity contribution in [2.75, 3.05) is 12.4 Å². The number of carbonyl (C=O) groups excluding carboxylic acids is 2. The Labute approximate surface area is 179 Å². The predicted octanol–water partition coefficient (Wildman–Crippen LogP) is 2.77. The quantitative estimate of drug-likeness (QED) is 0.596. The lowest BCUT2D eigenvalue weighted by atomic mass is 10.0. The van der Waals surface area contributed by atoms with E-state index in [1.165, 1.54) is 0 Å². The molecule has 2 aromatic heterocycles. The van der Waals surface area contributed by atoms with Crippen LogP contribution in [0.3, 0.4) is 0 Å². The molecule has 1 fully saturated rings. The summed E-state index contributed by atoms with van der Waals surface area (Å²) in [5.41, 5.74) is 1.95. The Balaban J connectivity index is 0.000000487. The number of rotatable bonds is 7. The number of aryl methyl sites for hydroxylation is 1. The molecule has 3 N–H and O–H groups in total. The van der Waals surface area contributed by atoms with Gasteiger partial charge in [0.15, 0.2) is 5.82 Å². The van der Waals surface area contributed by atoms with Gasteiger partial charge in [0.1, 0.15) is 0 Å². The zero-order valence-electron chi connectivity index (χ0n) is 18.9. The van der Waals surface area contributed by atoms with Gasteiger partial charge in [-0.2, -0.15) is 10.2 Å². The second kappa shape index (κ2) is 13.5. The first-order valence-corrected chi connectivity index (χ1v) is 10.5. The van der Waals surface area contributed by atoms with E-state index in [0.717, 1.165) is 30.5 Å². The van der Waals surface area contributed by atoms with Gasteiger partial charge in [0.2, 0.25) is 12.3 Å². The van der Waals surface area contributed by atoms with Crippen molar-refractivity contribution in [1.82, 2.24) is 25.3 Å². The number of nitrogens with one attached hydrogen (secondary N) is 3. The minimum atomic E-state index is -0.0905. The van der Waals surface area contributed by atoms with E-state index in [0.29, 0.717) is 30.7 Å². The summed E-state index contributed by atoms with van der Waals surface area (Å²) in [6.07, 6.45) is 8.01. The van der Waals surface area contributed by atoms with E-state index in [2.05, 4.69) is 25.9 Å². The van der Waals surface area contributed by atoms with Gasteiger partial charge in [0.05, 0.1) is 18.7 Å². The van der Waals surface area contributed by atoms with Crippen LogP contribution in [-0.4, -0.2) is 51.6 Å². The zero-order chi connectivity index (χ0) is 22.5. The van der Waals surface area contributed by atoms with Crippen LogP contribution >= 0.6 is 0 Å². The summed E-state index contributed by atoms with van der Waals surface area (Å²) in [7, 11) is 3.58. The molecule has 1 aliphatic carbocycles. The van der Waals surface area contributed by atoms with Gasteiger partial charge in [-0.15, -0.1) is 0 Å². The molecule has 0 saturated heterocycles. The molecule has 9 heteroatoms. The Bertz CT molecular complexity index is 756. The second-order valence-electron chi connectivity index (χ2n) is 7.26. The molecule has 2 amide bonds. The Morgan fingerprint density at radius 3 is 2.63 bits per heavy atom. The molecule has 2 unspecified atom stereocenters. The summed E-state index contributed by atoms with van der Waals surface area (Å²) < 4.78 is 7.07. The van der Waals surface area contributed by atoms with Crippen molar-refractivity contribution in [1.29, 1.82) is 0 Å². The lowest BCUT2D eigenvalue weighted by Gasteiger charge is -2.07. The fourth-order valence-electron chi connectivity index (χ4n) is 3.12. The molecule has 30 heavy (non-hydrogen) atoms. The Hall–Kier alpha value is -2.68. The maximum Gasteiger partial charge on any atom is 0.230 e. The lowest BCUT2D eigenvalue weighted by molar-refractivity contribution is -0.115. The minimum Gasteiger partial charge on any atom is -0.381 e. The number of aromatic amines is 1. The summed E-state index contributed by atoms with van der Waals surface area (Å²) in [6.45, 7) is 7.82. The molecule has 1 saturated carbocycles. The average molecular weight is 421 g/mol. The molecular formula is C21H36N6O3. The lowest BCUT2D eigenvalue weighted by Crippen LogP contribution is -2.19. The van der Waals surface area contributed by atoms with Gasteiger partial charge in [-0.1, -0.05) is 13.8 Å². The first kappa shape index (κ1) is 25.4. The van der Waals surface area contributed by atoms with Crippen LogP contribution in [0.25, 0.3) is 0 Å². The number of H-pyrrole nitrogens is 1. The van der Waals surface area contributed by atoms with Crippen LogP contribution in [-0.2, 0) is 27.8 Å². The van der Waals surface area contributed by atoms with Crippen molar-refractivity contribution in [2.45, 2.75) is 71.4 Å². The van der Waals surface area contributed by atoms with Crippen molar-refractivity contribution < 1.29 is 14.3 Å². The van der Waals surface area contributed by atoms with Gasteiger partial charge in [-0.05, 0) is 38.7 Å². The van der Waals surface area contributed by atoms with Crippen molar-refractivity contribution in [2.24, 2.45) is 7.05 Å². The van der Waals surface area contributed by atoms with Crippen LogP contribution in [0, 0.1) is 0 Å². The number of hydrogen-bond acceptors (Lipinski definition) is 5. The molecule has 2 atom stereocenters. The predicted molar refractivity (Wildman–Crippen MR) is 117 cm³/mol. The van der Waals surface area contributed by atoms with E-state index in [1.54, 1.807) is 18.0 Å². The maximum absolute atomic E-state index is 12.0. The third-order valence-electron chi connectivity index (χ3n) is 4.55. The Kier molecular flexibility index (Phi) is 11.4. The first-order chi connectivity index (χ1) is 14.4. The van der Waals surface area contributed by atoms with Gasteiger partial charge in [-0.3, -0.25) is 19.4 Å². The molecule has 0 bridgehead atoms. The van der Waals surface area contributed by atoms with Crippen molar-refractivity contribution >= 4 is 18.1 Å². The SMILES string of the molecule is CC.CC(C)NC=O.COC1CCC(c2cc(NC(=O)Cc3cnn(C)c3)n[nH]2)C1. The molecule has 2 heterocycles. The molecule has 168 valence electrons. The number of aromatic nitrogens is 4. The highest BCUT2D eigenvalue weighted by atomic mass is 16.5. The van der Waals surface area contributed by atoms with Crippen molar-refractivity contribution in [3.63, 3.8) is 0 Å². The number of methoxy groups -OCH3 is 1. The molecule has 0 aliphatic heterocycles. The van der Waals surface area contributed by atoms with E-state index < -0.39 is 0 Å². The summed E-state index contributed by atoms with van der Waals surface area (Å²) >= 11 is 0. The normalized spacial score (nSPS) is 17.4. The monoisotopic (exact) mass is 420 g/mol. The summed E-state index contributed by atoms with van der Waals surface area (Å²) in [4.78, 5) is 21.5. The molecule has 3 rings (SSSR count). The summed E-state index contributed by atoms with van der Waals surface area (Å²) in [6, 6.07) is 2.20. The van der Waals surface area contributed by atoms with Gasteiger partial charge in [0.25, 0.3) is 0 Å². The minimum absolute atomic E-state index is 0.0905. The third-order valence-corrected chi connectivity index (χ3v) is 4.55. The van der Waals surface area contributed by atoms with E-state index >= 15 is 0 Å². The largest absolute Gasteiger partial charge is 0.381 e. The van der Waals surface area contributed by atoms with E-state index in [4.69, 9.17) is 4.74 Å². The highest BCUT2D eigenvalue weighted by Gasteiger charge is 2.27. The average Bonchev–Trinajstić information content (AvgIpc) is 3.45. The Morgan fingerprint density at radius 1 is 1.40 bits per heavy atom. The third kappa shape index (κ3) is 8.77. The van der Waals surface area contributed by atoms with Crippen LogP contribution < -0.4 is 10.6 Å². The highest BCUT2D eigenvalue weighted by molar-refractivity contribution is 5.91. The topological polar surface area (TPSA) is 114 Å². The fraction of sp³-hybridized carbons (Fsp3) is 0.619. The number of amides is 2. The molecule has 2 aromatic rings. The van der Waals surface area contributed by atoms with E-state index in [1.807, 2.05) is 47.0 Å².